The number of rotatable bonds is 4. The second-order valence-corrected chi connectivity index (χ2v) is 3.91. The predicted molar refractivity (Wildman–Crippen MR) is 63.0 cm³/mol. The Morgan fingerprint density at radius 1 is 1.50 bits per heavy atom. The Morgan fingerprint density at radius 3 is 3.00 bits per heavy atom. The predicted octanol–water partition coefficient (Wildman–Crippen LogP) is 2.44. The van der Waals surface area contributed by atoms with E-state index in [-0.39, 0.29) is 5.95 Å². The molecule has 1 aliphatic heterocycles. The molecule has 1 unspecified atom stereocenters. The molecule has 0 saturated carbocycles. The Kier molecular flexibility index (Phi) is 3.72. The molecule has 5 heteroatoms. The molecule has 1 heterocycles. The van der Waals surface area contributed by atoms with Gasteiger partial charge in [0.05, 0.1) is 0 Å². The third-order valence-electron chi connectivity index (χ3n) is 2.52. The number of allylic oxidation sites excluding steroid dienone is 4. The van der Waals surface area contributed by atoms with Gasteiger partial charge in [-0.25, -0.2) is 4.79 Å². The molecule has 1 N–H and O–H groups in total. The van der Waals surface area contributed by atoms with Crippen molar-refractivity contribution < 1.29 is 24.1 Å². The zero-order chi connectivity index (χ0) is 13.0. The summed E-state index contributed by atoms with van der Waals surface area (Å²) in [4.78, 5) is 10.7. The van der Waals surface area contributed by atoms with E-state index in [1.54, 1.807) is 0 Å². The number of carboxylic acid groups (broad SMARTS) is 1. The van der Waals surface area contributed by atoms with Gasteiger partial charge in [-0.05, 0) is 25.3 Å². The molecule has 0 bridgehead atoms. The standard InChI is InChI=1S/C13H14O5/c1-9(13(14)15)17-12-8-16-7-11(18-12)10-5-3-2-4-6-10/h2-3,5,7-9H,4,6H2,1H3,(H,14,15). The summed E-state index contributed by atoms with van der Waals surface area (Å²) in [6, 6.07) is 0. The Morgan fingerprint density at radius 2 is 2.33 bits per heavy atom. The minimum atomic E-state index is -1.06. The normalized spacial score (nSPS) is 19.7. The number of hydrogen-bond donors (Lipinski definition) is 1. The van der Waals surface area contributed by atoms with Crippen LogP contribution in [0.2, 0.25) is 0 Å². The van der Waals surface area contributed by atoms with Gasteiger partial charge in [-0.1, -0.05) is 18.2 Å². The summed E-state index contributed by atoms with van der Waals surface area (Å²) in [7, 11) is 0. The van der Waals surface area contributed by atoms with E-state index in [1.165, 1.54) is 19.4 Å². The first-order valence-corrected chi connectivity index (χ1v) is 5.66. The van der Waals surface area contributed by atoms with E-state index in [4.69, 9.17) is 19.3 Å². The van der Waals surface area contributed by atoms with Crippen molar-refractivity contribution in [2.24, 2.45) is 0 Å². The molecule has 2 rings (SSSR count). The lowest BCUT2D eigenvalue weighted by atomic mass is 10.0. The lowest BCUT2D eigenvalue weighted by Crippen LogP contribution is -2.21. The zero-order valence-electron chi connectivity index (χ0n) is 9.96. The lowest BCUT2D eigenvalue weighted by molar-refractivity contribution is -0.149. The van der Waals surface area contributed by atoms with Crippen molar-refractivity contribution in [3.63, 3.8) is 0 Å². The molecule has 0 spiro atoms. The highest BCUT2D eigenvalue weighted by molar-refractivity contribution is 5.71. The van der Waals surface area contributed by atoms with Crippen molar-refractivity contribution in [3.05, 3.63) is 48.0 Å². The number of ether oxygens (including phenoxy) is 3. The van der Waals surface area contributed by atoms with Gasteiger partial charge in [-0.2, -0.15) is 0 Å². The number of carboxylic acids is 1. The van der Waals surface area contributed by atoms with Crippen LogP contribution in [-0.2, 0) is 19.0 Å². The van der Waals surface area contributed by atoms with Gasteiger partial charge in [0.25, 0.3) is 0 Å². The van der Waals surface area contributed by atoms with Crippen LogP contribution in [0.4, 0.5) is 0 Å². The van der Waals surface area contributed by atoms with E-state index in [9.17, 15) is 4.79 Å². The highest BCUT2D eigenvalue weighted by Gasteiger charge is 2.20. The first-order valence-electron chi connectivity index (χ1n) is 5.66. The highest BCUT2D eigenvalue weighted by Crippen LogP contribution is 2.26. The molecule has 2 aliphatic rings. The molecular formula is C13H14O5. The molecule has 1 aliphatic carbocycles. The molecule has 18 heavy (non-hydrogen) atoms. The first kappa shape index (κ1) is 12.3. The van der Waals surface area contributed by atoms with E-state index >= 15 is 0 Å². The second kappa shape index (κ2) is 5.44. The fraction of sp³-hybridized carbons (Fsp3) is 0.308. The largest absolute Gasteiger partial charge is 0.479 e. The molecule has 0 amide bonds. The molecule has 1 atom stereocenters. The summed E-state index contributed by atoms with van der Waals surface area (Å²) in [5.74, 6) is -0.456. The van der Waals surface area contributed by atoms with Crippen molar-refractivity contribution in [3.8, 4) is 0 Å². The van der Waals surface area contributed by atoms with Crippen LogP contribution >= 0.6 is 0 Å². The van der Waals surface area contributed by atoms with Gasteiger partial charge in [0, 0.05) is 0 Å². The van der Waals surface area contributed by atoms with Crippen molar-refractivity contribution in [1.82, 2.24) is 0 Å². The molecule has 0 saturated heterocycles. The van der Waals surface area contributed by atoms with E-state index in [2.05, 4.69) is 6.08 Å². The fourth-order valence-electron chi connectivity index (χ4n) is 1.53. The number of aliphatic carboxylic acids is 1. The Hall–Kier alpha value is -2.17. The maximum atomic E-state index is 10.7. The summed E-state index contributed by atoms with van der Waals surface area (Å²) in [6.45, 7) is 1.42. The van der Waals surface area contributed by atoms with Gasteiger partial charge in [-0.3, -0.25) is 0 Å². The van der Waals surface area contributed by atoms with E-state index in [0.717, 1.165) is 18.4 Å². The quantitative estimate of drug-likeness (QED) is 0.830. The summed E-state index contributed by atoms with van der Waals surface area (Å²) < 4.78 is 15.7. The maximum Gasteiger partial charge on any atom is 0.344 e. The van der Waals surface area contributed by atoms with Crippen LogP contribution in [0, 0.1) is 0 Å². The van der Waals surface area contributed by atoms with Gasteiger partial charge < -0.3 is 19.3 Å². The Balaban J connectivity index is 1.98. The molecule has 96 valence electrons. The van der Waals surface area contributed by atoms with Crippen molar-refractivity contribution in [2.75, 3.05) is 0 Å². The molecule has 0 aromatic carbocycles. The van der Waals surface area contributed by atoms with Crippen LogP contribution < -0.4 is 0 Å². The van der Waals surface area contributed by atoms with E-state index < -0.39 is 12.1 Å². The first-order chi connectivity index (χ1) is 8.66. The topological polar surface area (TPSA) is 65.0 Å². The van der Waals surface area contributed by atoms with Gasteiger partial charge in [0.1, 0.15) is 6.26 Å². The van der Waals surface area contributed by atoms with Crippen LogP contribution in [0.25, 0.3) is 0 Å². The summed E-state index contributed by atoms with van der Waals surface area (Å²) in [5, 5.41) is 8.74. The molecule has 0 aromatic rings. The van der Waals surface area contributed by atoms with Crippen LogP contribution in [0.5, 0.6) is 0 Å². The third-order valence-corrected chi connectivity index (χ3v) is 2.52. The van der Waals surface area contributed by atoms with Crippen molar-refractivity contribution in [2.45, 2.75) is 25.9 Å². The second-order valence-electron chi connectivity index (χ2n) is 3.91. The summed E-state index contributed by atoms with van der Waals surface area (Å²) in [5.41, 5.74) is 0.995. The molecular weight excluding hydrogens is 236 g/mol. The smallest absolute Gasteiger partial charge is 0.344 e. The van der Waals surface area contributed by atoms with E-state index in [0.29, 0.717) is 5.76 Å². The Labute approximate surface area is 105 Å². The maximum absolute atomic E-state index is 10.7. The molecule has 5 nitrogen and oxygen atoms in total. The van der Waals surface area contributed by atoms with Gasteiger partial charge >= 0.3 is 11.9 Å². The zero-order valence-corrected chi connectivity index (χ0v) is 9.96. The van der Waals surface area contributed by atoms with Gasteiger partial charge in [0.2, 0.25) is 0 Å². The molecule has 0 radical (unpaired) electrons. The van der Waals surface area contributed by atoms with Crippen LogP contribution in [0.3, 0.4) is 0 Å². The molecule has 0 fully saturated rings. The monoisotopic (exact) mass is 250 g/mol. The average molecular weight is 250 g/mol. The minimum Gasteiger partial charge on any atom is -0.479 e. The summed E-state index contributed by atoms with van der Waals surface area (Å²) in [6.07, 6.45) is 9.47. The van der Waals surface area contributed by atoms with E-state index in [1.807, 2.05) is 12.2 Å². The van der Waals surface area contributed by atoms with Crippen molar-refractivity contribution in [1.29, 1.82) is 0 Å². The van der Waals surface area contributed by atoms with Crippen LogP contribution in [0.1, 0.15) is 19.8 Å². The van der Waals surface area contributed by atoms with Crippen molar-refractivity contribution >= 4 is 5.97 Å². The molecule has 0 aromatic heterocycles. The van der Waals surface area contributed by atoms with Crippen LogP contribution in [-0.4, -0.2) is 17.2 Å². The number of carbonyl (C=O) groups is 1. The van der Waals surface area contributed by atoms with Gasteiger partial charge in [-0.15, -0.1) is 0 Å². The van der Waals surface area contributed by atoms with Gasteiger partial charge in [0.15, 0.2) is 18.1 Å². The highest BCUT2D eigenvalue weighted by atomic mass is 16.7. The minimum absolute atomic E-state index is 0.0536. The number of hydrogen-bond acceptors (Lipinski definition) is 4. The lowest BCUT2D eigenvalue weighted by Gasteiger charge is -2.20. The summed E-state index contributed by atoms with van der Waals surface area (Å²) >= 11 is 0. The SMILES string of the molecule is CC(OC1=COC=C(C2=CC=CCC2)O1)C(=O)O. The average Bonchev–Trinajstić information content (AvgIpc) is 2.40. The van der Waals surface area contributed by atoms with Crippen LogP contribution in [0.15, 0.2) is 48.0 Å². The Bertz CT molecular complexity index is 456. The fourth-order valence-corrected chi connectivity index (χ4v) is 1.53. The third kappa shape index (κ3) is 2.94.